The van der Waals surface area contributed by atoms with Crippen molar-refractivity contribution in [2.24, 2.45) is 0 Å². The van der Waals surface area contributed by atoms with Crippen LogP contribution in [0.2, 0.25) is 0 Å². The number of benzene rings is 2. The average molecular weight is 419 g/mol. The van der Waals surface area contributed by atoms with Gasteiger partial charge in [0.15, 0.2) is 0 Å². The number of carbonyl (C=O) groups is 1. The normalized spacial score (nSPS) is 12.0. The second-order valence-electron chi connectivity index (χ2n) is 6.29. The SMILES string of the molecule is C=CCOc1ccc(NC(=O)C(CC)N(c2ccc(OC)cc2)S(C)(=O)=O)cc1. The van der Waals surface area contributed by atoms with E-state index in [0.717, 1.165) is 10.6 Å². The van der Waals surface area contributed by atoms with Crippen molar-refractivity contribution in [1.82, 2.24) is 0 Å². The van der Waals surface area contributed by atoms with Gasteiger partial charge >= 0.3 is 0 Å². The molecule has 0 aromatic heterocycles. The Morgan fingerprint density at radius 2 is 1.72 bits per heavy atom. The second kappa shape index (κ2) is 9.97. The van der Waals surface area contributed by atoms with E-state index in [2.05, 4.69) is 11.9 Å². The van der Waals surface area contributed by atoms with Crippen molar-refractivity contribution >= 4 is 27.3 Å². The van der Waals surface area contributed by atoms with Crippen molar-refractivity contribution in [3.8, 4) is 11.5 Å². The van der Waals surface area contributed by atoms with Gasteiger partial charge in [-0.15, -0.1) is 0 Å². The molecule has 2 aromatic rings. The van der Waals surface area contributed by atoms with Crippen molar-refractivity contribution < 1.29 is 22.7 Å². The van der Waals surface area contributed by atoms with Crippen LogP contribution in [0, 0.1) is 0 Å². The number of carbonyl (C=O) groups excluding carboxylic acids is 1. The van der Waals surface area contributed by atoms with Crippen LogP contribution in [0.25, 0.3) is 0 Å². The lowest BCUT2D eigenvalue weighted by Crippen LogP contribution is -2.46. The molecule has 1 amide bonds. The van der Waals surface area contributed by atoms with E-state index < -0.39 is 22.0 Å². The van der Waals surface area contributed by atoms with Gasteiger partial charge < -0.3 is 14.8 Å². The molecule has 0 aliphatic rings. The predicted octanol–water partition coefficient (Wildman–Crippen LogP) is 3.44. The maximum absolute atomic E-state index is 12.9. The molecule has 0 radical (unpaired) electrons. The van der Waals surface area contributed by atoms with Gasteiger partial charge in [-0.25, -0.2) is 8.42 Å². The molecule has 0 saturated heterocycles. The maximum atomic E-state index is 12.9. The third-order valence-corrected chi connectivity index (χ3v) is 5.33. The fourth-order valence-electron chi connectivity index (χ4n) is 2.80. The maximum Gasteiger partial charge on any atom is 0.248 e. The molecule has 0 spiro atoms. The van der Waals surface area contributed by atoms with Gasteiger partial charge in [-0.05, 0) is 55.0 Å². The summed E-state index contributed by atoms with van der Waals surface area (Å²) in [5, 5.41) is 2.78. The first-order valence-corrected chi connectivity index (χ1v) is 10.9. The van der Waals surface area contributed by atoms with Gasteiger partial charge in [-0.3, -0.25) is 9.10 Å². The van der Waals surface area contributed by atoms with E-state index >= 15 is 0 Å². The van der Waals surface area contributed by atoms with Crippen LogP contribution in [0.15, 0.2) is 61.2 Å². The Labute approximate surface area is 172 Å². The minimum absolute atomic E-state index is 0.297. The Kier molecular flexibility index (Phi) is 7.67. The van der Waals surface area contributed by atoms with Gasteiger partial charge in [-0.1, -0.05) is 19.6 Å². The highest BCUT2D eigenvalue weighted by Crippen LogP contribution is 2.26. The Hall–Kier alpha value is -3.00. The molecule has 2 aromatic carbocycles. The number of rotatable bonds is 10. The lowest BCUT2D eigenvalue weighted by Gasteiger charge is -2.30. The number of anilines is 2. The third-order valence-electron chi connectivity index (χ3n) is 4.15. The number of nitrogens with one attached hydrogen (secondary N) is 1. The summed E-state index contributed by atoms with van der Waals surface area (Å²) in [6.07, 6.45) is 3.02. The summed E-state index contributed by atoms with van der Waals surface area (Å²) >= 11 is 0. The van der Waals surface area contributed by atoms with Crippen LogP contribution in [-0.4, -0.2) is 40.3 Å². The molecule has 0 heterocycles. The molecule has 8 heteroatoms. The van der Waals surface area contributed by atoms with Crippen molar-refractivity contribution in [3.63, 3.8) is 0 Å². The third kappa shape index (κ3) is 5.99. The van der Waals surface area contributed by atoms with Crippen molar-refractivity contribution in [2.45, 2.75) is 19.4 Å². The van der Waals surface area contributed by atoms with Crippen molar-refractivity contribution in [2.75, 3.05) is 29.6 Å². The zero-order chi connectivity index (χ0) is 21.4. The quantitative estimate of drug-likeness (QED) is 0.598. The summed E-state index contributed by atoms with van der Waals surface area (Å²) < 4.78 is 36.6. The monoisotopic (exact) mass is 418 g/mol. The average Bonchev–Trinajstić information content (AvgIpc) is 2.70. The van der Waals surface area contributed by atoms with E-state index in [1.54, 1.807) is 61.5 Å². The lowest BCUT2D eigenvalue weighted by molar-refractivity contribution is -0.117. The smallest absolute Gasteiger partial charge is 0.248 e. The number of sulfonamides is 1. The lowest BCUT2D eigenvalue weighted by atomic mass is 10.1. The first-order valence-electron chi connectivity index (χ1n) is 9.08. The summed E-state index contributed by atoms with van der Waals surface area (Å²) in [5.41, 5.74) is 0.936. The predicted molar refractivity (Wildman–Crippen MR) is 115 cm³/mol. The van der Waals surface area contributed by atoms with E-state index in [-0.39, 0.29) is 0 Å². The molecular formula is C21H26N2O5S. The number of nitrogens with zero attached hydrogens (tertiary/aromatic N) is 1. The molecular weight excluding hydrogens is 392 g/mol. The molecule has 2 rings (SSSR count). The van der Waals surface area contributed by atoms with Crippen LogP contribution in [-0.2, 0) is 14.8 Å². The zero-order valence-corrected chi connectivity index (χ0v) is 17.6. The van der Waals surface area contributed by atoms with Crippen LogP contribution < -0.4 is 19.1 Å². The number of hydrogen-bond donors (Lipinski definition) is 1. The fourth-order valence-corrected chi connectivity index (χ4v) is 4.02. The summed E-state index contributed by atoms with van der Waals surface area (Å²) in [7, 11) is -2.17. The first kappa shape index (κ1) is 22.3. The molecule has 156 valence electrons. The van der Waals surface area contributed by atoms with Gasteiger partial charge in [0, 0.05) is 5.69 Å². The zero-order valence-electron chi connectivity index (χ0n) is 16.8. The van der Waals surface area contributed by atoms with E-state index in [4.69, 9.17) is 9.47 Å². The second-order valence-corrected chi connectivity index (χ2v) is 8.15. The minimum Gasteiger partial charge on any atom is -0.497 e. The van der Waals surface area contributed by atoms with E-state index in [1.807, 2.05) is 0 Å². The highest BCUT2D eigenvalue weighted by molar-refractivity contribution is 7.92. The Morgan fingerprint density at radius 3 is 2.21 bits per heavy atom. The van der Waals surface area contributed by atoms with Gasteiger partial charge in [-0.2, -0.15) is 0 Å². The highest BCUT2D eigenvalue weighted by Gasteiger charge is 2.31. The first-order chi connectivity index (χ1) is 13.8. The van der Waals surface area contributed by atoms with Crippen LogP contribution >= 0.6 is 0 Å². The molecule has 1 atom stereocenters. The van der Waals surface area contributed by atoms with Crippen LogP contribution in [0.1, 0.15) is 13.3 Å². The fraction of sp³-hybridized carbons (Fsp3) is 0.286. The molecule has 29 heavy (non-hydrogen) atoms. The molecule has 0 aliphatic carbocycles. The Bertz CT molecular complexity index is 925. The number of ether oxygens (including phenoxy) is 2. The molecule has 0 bridgehead atoms. The van der Waals surface area contributed by atoms with Gasteiger partial charge in [0.05, 0.1) is 19.1 Å². The summed E-state index contributed by atoms with van der Waals surface area (Å²) in [6, 6.07) is 12.5. The van der Waals surface area contributed by atoms with Gasteiger partial charge in [0.2, 0.25) is 15.9 Å². The van der Waals surface area contributed by atoms with Crippen molar-refractivity contribution in [3.05, 3.63) is 61.2 Å². The van der Waals surface area contributed by atoms with Crippen LogP contribution in [0.4, 0.5) is 11.4 Å². The van der Waals surface area contributed by atoms with Crippen LogP contribution in [0.5, 0.6) is 11.5 Å². The topological polar surface area (TPSA) is 84.9 Å². The Balaban J connectivity index is 2.24. The standard InChI is InChI=1S/C21H26N2O5S/c1-5-15-28-19-11-7-16(8-12-19)22-21(24)20(6-2)23(29(4,25)26)17-9-13-18(27-3)14-10-17/h5,7-14,20H,1,6,15H2,2-4H3,(H,22,24). The Morgan fingerprint density at radius 1 is 1.14 bits per heavy atom. The number of methoxy groups -OCH3 is 1. The minimum atomic E-state index is -3.70. The van der Waals surface area contributed by atoms with E-state index in [0.29, 0.717) is 35.9 Å². The van der Waals surface area contributed by atoms with Crippen molar-refractivity contribution in [1.29, 1.82) is 0 Å². The molecule has 7 nitrogen and oxygen atoms in total. The summed E-state index contributed by atoms with van der Waals surface area (Å²) in [4.78, 5) is 12.9. The van der Waals surface area contributed by atoms with E-state index in [9.17, 15) is 13.2 Å². The number of amides is 1. The van der Waals surface area contributed by atoms with Gasteiger partial charge in [0.1, 0.15) is 24.1 Å². The summed E-state index contributed by atoms with van der Waals surface area (Å²) in [5.74, 6) is 0.818. The molecule has 0 aliphatic heterocycles. The largest absolute Gasteiger partial charge is 0.497 e. The van der Waals surface area contributed by atoms with Crippen LogP contribution in [0.3, 0.4) is 0 Å². The molecule has 0 saturated carbocycles. The van der Waals surface area contributed by atoms with E-state index in [1.165, 1.54) is 7.11 Å². The molecule has 1 N–H and O–H groups in total. The number of hydrogen-bond acceptors (Lipinski definition) is 5. The summed E-state index contributed by atoms with van der Waals surface area (Å²) in [6.45, 7) is 5.74. The highest BCUT2D eigenvalue weighted by atomic mass is 32.2. The molecule has 0 fully saturated rings. The molecule has 1 unspecified atom stereocenters. The van der Waals surface area contributed by atoms with Gasteiger partial charge in [0.25, 0.3) is 0 Å².